The Hall–Kier alpha value is -2.71. The molecule has 0 saturated heterocycles. The van der Waals surface area contributed by atoms with Gasteiger partial charge < -0.3 is 10.1 Å². The van der Waals surface area contributed by atoms with Crippen molar-refractivity contribution in [2.45, 2.75) is 51.7 Å². The quantitative estimate of drug-likeness (QED) is 0.673. The molecule has 0 aromatic heterocycles. The van der Waals surface area contributed by atoms with Gasteiger partial charge >= 0.3 is 5.97 Å². The van der Waals surface area contributed by atoms with Crippen molar-refractivity contribution in [2.75, 3.05) is 5.32 Å². The van der Waals surface area contributed by atoms with Crippen molar-refractivity contribution < 1.29 is 22.7 Å². The number of esters is 1. The van der Waals surface area contributed by atoms with Gasteiger partial charge in [0, 0.05) is 11.7 Å². The van der Waals surface area contributed by atoms with Crippen LogP contribution in [0.2, 0.25) is 0 Å². The second-order valence-corrected chi connectivity index (χ2v) is 8.85. The summed E-state index contributed by atoms with van der Waals surface area (Å²) in [5.74, 6) is -1.10. The SMILES string of the molecule is Cc1ccc(C(=O)O[C@H](C)C(=O)Nc2ccc(S(=O)(=O)NC(C)C)cc2)cc1C. The fraction of sp³-hybridized carbons (Fsp3) is 0.333. The van der Waals surface area contributed by atoms with Crippen LogP contribution in [0.5, 0.6) is 0 Å². The number of carbonyl (C=O) groups is 2. The van der Waals surface area contributed by atoms with Crippen molar-refractivity contribution in [1.29, 1.82) is 0 Å². The molecule has 0 aliphatic heterocycles. The summed E-state index contributed by atoms with van der Waals surface area (Å²) >= 11 is 0. The van der Waals surface area contributed by atoms with Gasteiger partial charge in [-0.1, -0.05) is 6.07 Å². The highest BCUT2D eigenvalue weighted by molar-refractivity contribution is 7.89. The lowest BCUT2D eigenvalue weighted by Crippen LogP contribution is -2.30. The topological polar surface area (TPSA) is 102 Å². The molecule has 7 nitrogen and oxygen atoms in total. The van der Waals surface area contributed by atoms with Gasteiger partial charge in [0.15, 0.2) is 6.10 Å². The van der Waals surface area contributed by atoms with Gasteiger partial charge in [-0.05, 0) is 82.1 Å². The third-order valence-electron chi connectivity index (χ3n) is 4.22. The number of rotatable bonds is 7. The van der Waals surface area contributed by atoms with Gasteiger partial charge in [0.2, 0.25) is 10.0 Å². The van der Waals surface area contributed by atoms with E-state index in [0.29, 0.717) is 11.3 Å². The molecular weight excluding hydrogens is 392 g/mol. The highest BCUT2D eigenvalue weighted by Crippen LogP contribution is 2.16. The number of benzene rings is 2. The van der Waals surface area contributed by atoms with E-state index < -0.39 is 28.0 Å². The minimum absolute atomic E-state index is 0.0958. The largest absolute Gasteiger partial charge is 0.449 e. The Kier molecular flexibility index (Phi) is 7.16. The molecule has 2 aromatic rings. The summed E-state index contributed by atoms with van der Waals surface area (Å²) in [6, 6.07) is 10.7. The summed E-state index contributed by atoms with van der Waals surface area (Å²) in [4.78, 5) is 24.6. The van der Waals surface area contributed by atoms with Crippen LogP contribution in [0.15, 0.2) is 47.4 Å². The summed E-state index contributed by atoms with van der Waals surface area (Å²) in [6.45, 7) is 8.76. The van der Waals surface area contributed by atoms with E-state index in [-0.39, 0.29) is 10.9 Å². The van der Waals surface area contributed by atoms with E-state index >= 15 is 0 Å². The van der Waals surface area contributed by atoms with Crippen molar-refractivity contribution in [1.82, 2.24) is 4.72 Å². The summed E-state index contributed by atoms with van der Waals surface area (Å²) < 4.78 is 32.0. The van der Waals surface area contributed by atoms with Gasteiger partial charge in [-0.2, -0.15) is 0 Å². The molecule has 2 aromatic carbocycles. The molecule has 0 spiro atoms. The highest BCUT2D eigenvalue weighted by atomic mass is 32.2. The first-order chi connectivity index (χ1) is 13.5. The first kappa shape index (κ1) is 22.6. The van der Waals surface area contributed by atoms with Crippen molar-refractivity contribution in [2.24, 2.45) is 0 Å². The third-order valence-corrected chi connectivity index (χ3v) is 5.89. The second kappa shape index (κ2) is 9.19. The molecule has 0 fully saturated rings. The van der Waals surface area contributed by atoms with E-state index in [4.69, 9.17) is 4.74 Å². The Morgan fingerprint density at radius 2 is 1.55 bits per heavy atom. The standard InChI is InChI=1S/C21H26N2O5S/c1-13(2)23-29(26,27)19-10-8-18(9-11-19)22-20(24)16(5)28-21(25)17-7-6-14(3)15(4)12-17/h6-13,16,23H,1-5H3,(H,22,24)/t16-/m1/s1. The molecule has 156 valence electrons. The van der Waals surface area contributed by atoms with Gasteiger partial charge in [0.05, 0.1) is 10.5 Å². The van der Waals surface area contributed by atoms with Crippen LogP contribution in [-0.4, -0.2) is 32.4 Å². The maximum absolute atomic E-state index is 12.3. The molecule has 0 saturated carbocycles. The van der Waals surface area contributed by atoms with Crippen molar-refractivity contribution >= 4 is 27.6 Å². The average Bonchev–Trinajstić information content (AvgIpc) is 2.63. The van der Waals surface area contributed by atoms with Gasteiger partial charge in [0.1, 0.15) is 0 Å². The molecule has 1 amide bonds. The number of hydrogen-bond acceptors (Lipinski definition) is 5. The fourth-order valence-electron chi connectivity index (χ4n) is 2.49. The van der Waals surface area contributed by atoms with Crippen molar-refractivity contribution in [3.05, 3.63) is 59.2 Å². The number of aryl methyl sites for hydroxylation is 2. The second-order valence-electron chi connectivity index (χ2n) is 7.14. The van der Waals surface area contributed by atoms with E-state index in [1.165, 1.54) is 31.2 Å². The van der Waals surface area contributed by atoms with Crippen LogP contribution in [0.25, 0.3) is 0 Å². The predicted molar refractivity (Wildman–Crippen MR) is 111 cm³/mol. The van der Waals surface area contributed by atoms with Crippen molar-refractivity contribution in [3.63, 3.8) is 0 Å². The number of sulfonamides is 1. The molecule has 8 heteroatoms. The highest BCUT2D eigenvalue weighted by Gasteiger charge is 2.20. The minimum Gasteiger partial charge on any atom is -0.449 e. The Bertz CT molecular complexity index is 998. The van der Waals surface area contributed by atoms with Crippen LogP contribution in [0.4, 0.5) is 5.69 Å². The number of hydrogen-bond donors (Lipinski definition) is 2. The van der Waals surface area contributed by atoms with Crippen LogP contribution in [-0.2, 0) is 19.6 Å². The first-order valence-corrected chi connectivity index (χ1v) is 10.7. The van der Waals surface area contributed by atoms with Crippen LogP contribution >= 0.6 is 0 Å². The fourth-order valence-corrected chi connectivity index (χ4v) is 3.74. The summed E-state index contributed by atoms with van der Waals surface area (Å²) in [5, 5.41) is 2.61. The lowest BCUT2D eigenvalue weighted by Gasteiger charge is -2.14. The zero-order valence-corrected chi connectivity index (χ0v) is 18.0. The van der Waals surface area contributed by atoms with Crippen LogP contribution in [0.1, 0.15) is 42.3 Å². The molecule has 0 heterocycles. The normalized spacial score (nSPS) is 12.5. The van der Waals surface area contributed by atoms with Gasteiger partial charge in [-0.15, -0.1) is 0 Å². The summed E-state index contributed by atoms with van der Waals surface area (Å²) in [5.41, 5.74) is 2.78. The smallest absolute Gasteiger partial charge is 0.338 e. The predicted octanol–water partition coefficient (Wildman–Crippen LogP) is 3.17. The number of nitrogens with one attached hydrogen (secondary N) is 2. The lowest BCUT2D eigenvalue weighted by molar-refractivity contribution is -0.123. The van der Waals surface area contributed by atoms with Crippen molar-refractivity contribution in [3.8, 4) is 0 Å². The molecule has 0 aliphatic rings. The van der Waals surface area contributed by atoms with E-state index in [1.807, 2.05) is 19.9 Å². The zero-order valence-electron chi connectivity index (χ0n) is 17.1. The maximum atomic E-state index is 12.3. The molecule has 2 rings (SSSR count). The number of anilines is 1. The Labute approximate surface area is 171 Å². The number of carbonyl (C=O) groups excluding carboxylic acids is 2. The van der Waals surface area contributed by atoms with Crippen LogP contribution < -0.4 is 10.0 Å². The number of ether oxygens (including phenoxy) is 1. The van der Waals surface area contributed by atoms with Crippen LogP contribution in [0, 0.1) is 13.8 Å². The molecule has 29 heavy (non-hydrogen) atoms. The Balaban J connectivity index is 2.00. The molecule has 0 aliphatic carbocycles. The molecule has 0 radical (unpaired) electrons. The molecular formula is C21H26N2O5S. The summed E-state index contributed by atoms with van der Waals surface area (Å²) in [6.07, 6.45) is -1.02. The van der Waals surface area contributed by atoms with Gasteiger partial charge in [-0.3, -0.25) is 4.79 Å². The third kappa shape index (κ3) is 6.13. The molecule has 0 unspecified atom stereocenters. The maximum Gasteiger partial charge on any atom is 0.338 e. The van der Waals surface area contributed by atoms with E-state index in [0.717, 1.165) is 11.1 Å². The van der Waals surface area contributed by atoms with Gasteiger partial charge in [-0.25, -0.2) is 17.9 Å². The van der Waals surface area contributed by atoms with E-state index in [1.54, 1.807) is 26.0 Å². The zero-order chi connectivity index (χ0) is 21.8. The summed E-state index contributed by atoms with van der Waals surface area (Å²) in [7, 11) is -3.61. The number of amides is 1. The molecule has 1 atom stereocenters. The average molecular weight is 419 g/mol. The van der Waals surface area contributed by atoms with Gasteiger partial charge in [0.25, 0.3) is 5.91 Å². The Morgan fingerprint density at radius 3 is 2.10 bits per heavy atom. The minimum atomic E-state index is -3.61. The van der Waals surface area contributed by atoms with Crippen LogP contribution in [0.3, 0.4) is 0 Å². The monoisotopic (exact) mass is 418 g/mol. The molecule has 2 N–H and O–H groups in total. The van der Waals surface area contributed by atoms with E-state index in [2.05, 4.69) is 10.0 Å². The molecule has 0 bridgehead atoms. The Morgan fingerprint density at radius 1 is 0.931 bits per heavy atom. The van der Waals surface area contributed by atoms with E-state index in [9.17, 15) is 18.0 Å². The first-order valence-electron chi connectivity index (χ1n) is 9.21. The lowest BCUT2D eigenvalue weighted by atomic mass is 10.1.